The van der Waals surface area contributed by atoms with Crippen molar-refractivity contribution in [2.45, 2.75) is 34.6 Å². The molecule has 0 unspecified atom stereocenters. The van der Waals surface area contributed by atoms with E-state index in [1.165, 1.54) is 5.56 Å². The minimum absolute atomic E-state index is 0.0730. The molecule has 2 N–H and O–H groups in total. The zero-order valence-electron chi connectivity index (χ0n) is 16.6. The van der Waals surface area contributed by atoms with E-state index in [2.05, 4.69) is 42.8 Å². The number of carbonyl (C=O) groups is 3. The maximum Gasteiger partial charge on any atom is 0.329 e. The molecule has 0 radical (unpaired) electrons. The monoisotopic (exact) mass is 381 g/mol. The van der Waals surface area contributed by atoms with Crippen LogP contribution in [0.4, 0.5) is 4.79 Å². The molecule has 28 heavy (non-hydrogen) atoms. The maximum absolute atomic E-state index is 12.4. The van der Waals surface area contributed by atoms with Crippen molar-refractivity contribution in [3.63, 3.8) is 0 Å². The number of aryl methyl sites for hydroxylation is 4. The summed E-state index contributed by atoms with van der Waals surface area (Å²) in [5.74, 6) is -1.88. The molecule has 0 saturated carbocycles. The van der Waals surface area contributed by atoms with Gasteiger partial charge in [0.15, 0.2) is 0 Å². The number of hydrogen-bond acceptors (Lipinski definition) is 3. The van der Waals surface area contributed by atoms with Crippen LogP contribution in [0.3, 0.4) is 0 Å². The fourth-order valence-corrected chi connectivity index (χ4v) is 3.81. The minimum Gasteiger partial charge on any atom is -0.480 e. The van der Waals surface area contributed by atoms with E-state index in [-0.39, 0.29) is 5.70 Å². The van der Waals surface area contributed by atoms with E-state index in [9.17, 15) is 14.4 Å². The number of carboxylic acids is 1. The van der Waals surface area contributed by atoms with E-state index in [0.29, 0.717) is 4.90 Å². The van der Waals surface area contributed by atoms with Gasteiger partial charge in [-0.2, -0.15) is 0 Å². The molecule has 7 nitrogen and oxygen atoms in total. The Balaban J connectivity index is 2.04. The number of carboxylic acid groups (broad SMARTS) is 1. The molecule has 3 amide bonds. The number of imide groups is 1. The predicted molar refractivity (Wildman–Crippen MR) is 105 cm³/mol. The summed E-state index contributed by atoms with van der Waals surface area (Å²) in [6.07, 6.45) is 1.60. The Morgan fingerprint density at radius 1 is 1.07 bits per heavy atom. The Morgan fingerprint density at radius 3 is 2.25 bits per heavy atom. The van der Waals surface area contributed by atoms with Crippen molar-refractivity contribution in [3.05, 3.63) is 57.5 Å². The van der Waals surface area contributed by atoms with E-state index >= 15 is 0 Å². The highest BCUT2D eigenvalue weighted by molar-refractivity contribution is 6.15. The summed E-state index contributed by atoms with van der Waals surface area (Å²) in [5.41, 5.74) is 7.38. The summed E-state index contributed by atoms with van der Waals surface area (Å²) in [6.45, 7) is 9.47. The fraction of sp³-hybridized carbons (Fsp3) is 0.286. The number of carbonyl (C=O) groups excluding carboxylic acids is 2. The van der Waals surface area contributed by atoms with Crippen molar-refractivity contribution in [2.24, 2.45) is 0 Å². The first kappa shape index (κ1) is 19.4. The Morgan fingerprint density at radius 2 is 1.68 bits per heavy atom. The summed E-state index contributed by atoms with van der Waals surface area (Å²) in [7, 11) is 0. The Hall–Kier alpha value is -3.35. The number of hydrogen-bond donors (Lipinski definition) is 2. The first-order chi connectivity index (χ1) is 13.1. The second kappa shape index (κ2) is 6.99. The zero-order valence-corrected chi connectivity index (χ0v) is 16.6. The normalized spacial score (nSPS) is 15.5. The topological polar surface area (TPSA) is 91.6 Å². The van der Waals surface area contributed by atoms with Crippen molar-refractivity contribution in [3.8, 4) is 5.69 Å². The number of aromatic nitrogens is 1. The molecule has 3 rings (SSSR count). The van der Waals surface area contributed by atoms with Crippen molar-refractivity contribution >= 4 is 24.0 Å². The largest absolute Gasteiger partial charge is 0.480 e. The first-order valence-corrected chi connectivity index (χ1v) is 8.93. The van der Waals surface area contributed by atoms with Gasteiger partial charge in [-0.05, 0) is 63.5 Å². The Bertz CT molecular complexity index is 1020. The van der Waals surface area contributed by atoms with Crippen LogP contribution in [0, 0.1) is 34.6 Å². The van der Waals surface area contributed by atoms with Gasteiger partial charge in [-0.3, -0.25) is 9.59 Å². The predicted octanol–water partition coefficient (Wildman–Crippen LogP) is 3.00. The lowest BCUT2D eigenvalue weighted by atomic mass is 10.0. The van der Waals surface area contributed by atoms with Crippen LogP contribution in [0.5, 0.6) is 0 Å². The average Bonchev–Trinajstić information content (AvgIpc) is 2.98. The molecular formula is C21H23N3O4. The van der Waals surface area contributed by atoms with E-state index in [1.807, 2.05) is 19.9 Å². The van der Waals surface area contributed by atoms with Gasteiger partial charge in [0, 0.05) is 11.4 Å². The number of rotatable bonds is 4. The van der Waals surface area contributed by atoms with Gasteiger partial charge < -0.3 is 15.0 Å². The average molecular weight is 381 g/mol. The van der Waals surface area contributed by atoms with Gasteiger partial charge in [-0.25, -0.2) is 9.69 Å². The molecule has 0 atom stereocenters. The SMILES string of the molecule is Cc1cc(C)c(-n2c(C)cc(/C=C3/NC(=O)N(CC(=O)O)C3=O)c2C)c(C)c1. The van der Waals surface area contributed by atoms with Crippen LogP contribution in [0.2, 0.25) is 0 Å². The maximum atomic E-state index is 12.4. The number of aliphatic carboxylic acids is 1. The molecule has 146 valence electrons. The second-order valence-corrected chi connectivity index (χ2v) is 7.18. The molecule has 0 aliphatic carbocycles. The highest BCUT2D eigenvalue weighted by atomic mass is 16.4. The van der Waals surface area contributed by atoms with E-state index in [4.69, 9.17) is 5.11 Å². The molecule has 0 bridgehead atoms. The lowest BCUT2D eigenvalue weighted by Gasteiger charge is -2.17. The van der Waals surface area contributed by atoms with E-state index in [1.54, 1.807) is 6.08 Å². The number of nitrogens with one attached hydrogen (secondary N) is 1. The molecule has 0 spiro atoms. The van der Waals surface area contributed by atoms with Gasteiger partial charge in [0.25, 0.3) is 5.91 Å². The molecule has 1 aliphatic rings. The first-order valence-electron chi connectivity index (χ1n) is 8.93. The molecule has 1 saturated heterocycles. The smallest absolute Gasteiger partial charge is 0.329 e. The van der Waals surface area contributed by atoms with Crippen LogP contribution >= 0.6 is 0 Å². The molecule has 1 aromatic heterocycles. The van der Waals surface area contributed by atoms with Crippen LogP contribution in [-0.2, 0) is 9.59 Å². The van der Waals surface area contributed by atoms with Gasteiger partial charge in [-0.1, -0.05) is 17.7 Å². The number of amides is 3. The van der Waals surface area contributed by atoms with Gasteiger partial charge >= 0.3 is 12.0 Å². The van der Waals surface area contributed by atoms with Gasteiger partial charge in [-0.15, -0.1) is 0 Å². The van der Waals surface area contributed by atoms with Gasteiger partial charge in [0.2, 0.25) is 0 Å². The highest BCUT2D eigenvalue weighted by Gasteiger charge is 2.35. The van der Waals surface area contributed by atoms with Crippen LogP contribution in [-0.4, -0.2) is 39.0 Å². The van der Waals surface area contributed by atoms with Crippen molar-refractivity contribution in [2.75, 3.05) is 6.54 Å². The fourth-order valence-electron chi connectivity index (χ4n) is 3.81. The quantitative estimate of drug-likeness (QED) is 0.629. The third-order valence-electron chi connectivity index (χ3n) is 4.88. The lowest BCUT2D eigenvalue weighted by molar-refractivity contribution is -0.140. The number of nitrogens with zero attached hydrogens (tertiary/aromatic N) is 2. The lowest BCUT2D eigenvalue weighted by Crippen LogP contribution is -2.35. The number of urea groups is 1. The van der Waals surface area contributed by atoms with Crippen molar-refractivity contribution in [1.29, 1.82) is 0 Å². The van der Waals surface area contributed by atoms with E-state index < -0.39 is 24.5 Å². The molecule has 2 aromatic rings. The molecule has 2 heterocycles. The summed E-state index contributed by atoms with van der Waals surface area (Å²) < 4.78 is 2.13. The zero-order chi connectivity index (χ0) is 20.7. The minimum atomic E-state index is -1.24. The van der Waals surface area contributed by atoms with Crippen LogP contribution < -0.4 is 5.32 Å². The summed E-state index contributed by atoms with van der Waals surface area (Å²) in [4.78, 5) is 35.8. The van der Waals surface area contributed by atoms with Gasteiger partial charge in [0.1, 0.15) is 12.2 Å². The molecule has 1 aliphatic heterocycles. The molecular weight excluding hydrogens is 358 g/mol. The van der Waals surface area contributed by atoms with Crippen LogP contribution in [0.25, 0.3) is 11.8 Å². The third kappa shape index (κ3) is 3.31. The molecule has 1 aromatic carbocycles. The summed E-state index contributed by atoms with van der Waals surface area (Å²) in [5, 5.41) is 11.3. The molecule has 1 fully saturated rings. The van der Waals surface area contributed by atoms with Crippen molar-refractivity contribution in [1.82, 2.24) is 14.8 Å². The Labute approximate surface area is 163 Å². The van der Waals surface area contributed by atoms with Crippen molar-refractivity contribution < 1.29 is 19.5 Å². The van der Waals surface area contributed by atoms with Crippen LogP contribution in [0.15, 0.2) is 23.9 Å². The molecule has 7 heteroatoms. The standard InChI is InChI=1S/C21H23N3O4/c1-11-6-12(2)19(13(3)7-11)24-14(4)8-16(15(24)5)9-17-20(27)23(10-18(25)26)21(28)22-17/h6-9H,10H2,1-5H3,(H,22,28)(H,25,26)/b17-9+. The van der Waals surface area contributed by atoms with Crippen LogP contribution in [0.1, 0.15) is 33.6 Å². The second-order valence-electron chi connectivity index (χ2n) is 7.18. The number of benzene rings is 1. The summed E-state index contributed by atoms with van der Waals surface area (Å²) >= 11 is 0. The van der Waals surface area contributed by atoms with Gasteiger partial charge in [0.05, 0.1) is 5.69 Å². The third-order valence-corrected chi connectivity index (χ3v) is 4.88. The van der Waals surface area contributed by atoms with E-state index in [0.717, 1.165) is 33.8 Å². The Kier molecular flexibility index (Phi) is 4.85. The highest BCUT2D eigenvalue weighted by Crippen LogP contribution is 2.28. The summed E-state index contributed by atoms with van der Waals surface area (Å²) in [6, 6.07) is 5.48.